The molecule has 118 valence electrons. The molecule has 9 heteroatoms. The van der Waals surface area contributed by atoms with E-state index in [1.807, 2.05) is 0 Å². The lowest BCUT2D eigenvalue weighted by molar-refractivity contribution is -0.0501. The zero-order valence-corrected chi connectivity index (χ0v) is 12.1. The van der Waals surface area contributed by atoms with Crippen molar-refractivity contribution in [1.29, 1.82) is 0 Å². The van der Waals surface area contributed by atoms with E-state index in [0.717, 1.165) is 0 Å². The highest BCUT2D eigenvalue weighted by Gasteiger charge is 2.15. The Kier molecular flexibility index (Phi) is 6.50. The van der Waals surface area contributed by atoms with E-state index in [2.05, 4.69) is 14.8 Å². The van der Waals surface area contributed by atoms with Gasteiger partial charge in [-0.1, -0.05) is 12.1 Å². The highest BCUT2D eigenvalue weighted by molar-refractivity contribution is 7.89. The van der Waals surface area contributed by atoms with Gasteiger partial charge in [0.15, 0.2) is 0 Å². The smallest absolute Gasteiger partial charge is 0.387 e. The lowest BCUT2D eigenvalue weighted by atomic mass is 10.2. The van der Waals surface area contributed by atoms with E-state index in [-0.39, 0.29) is 30.2 Å². The zero-order valence-electron chi connectivity index (χ0n) is 11.3. The summed E-state index contributed by atoms with van der Waals surface area (Å²) in [6.45, 7) is -1.50. The quantitative estimate of drug-likeness (QED) is 0.698. The second-order valence-electron chi connectivity index (χ2n) is 3.93. The van der Waals surface area contributed by atoms with Crippen molar-refractivity contribution in [2.45, 2.75) is 13.5 Å². The van der Waals surface area contributed by atoms with Gasteiger partial charge in [-0.3, -0.25) is 4.79 Å². The van der Waals surface area contributed by atoms with Gasteiger partial charge in [0, 0.05) is 13.1 Å². The van der Waals surface area contributed by atoms with Crippen LogP contribution in [0.2, 0.25) is 0 Å². The van der Waals surface area contributed by atoms with E-state index in [4.69, 9.17) is 0 Å². The SMILES string of the molecule is CCS(=O)(=O)NCCNC(=O)c1ccccc1OC(F)F. The number of hydrogen-bond donors (Lipinski definition) is 2. The molecule has 21 heavy (non-hydrogen) atoms. The minimum atomic E-state index is -3.33. The van der Waals surface area contributed by atoms with Gasteiger partial charge in [0.25, 0.3) is 5.91 Å². The molecule has 0 atom stereocenters. The Bertz CT molecular complexity index is 578. The Balaban J connectivity index is 2.56. The lowest BCUT2D eigenvalue weighted by Crippen LogP contribution is -2.35. The van der Waals surface area contributed by atoms with Crippen molar-refractivity contribution in [1.82, 2.24) is 10.0 Å². The van der Waals surface area contributed by atoms with Crippen molar-refractivity contribution in [3.05, 3.63) is 29.8 Å². The number of carbonyl (C=O) groups is 1. The van der Waals surface area contributed by atoms with Crippen LogP contribution in [0, 0.1) is 0 Å². The number of nitrogens with one attached hydrogen (secondary N) is 2. The molecule has 0 aliphatic carbocycles. The molecule has 0 aromatic heterocycles. The Morgan fingerprint density at radius 3 is 2.57 bits per heavy atom. The van der Waals surface area contributed by atoms with Gasteiger partial charge in [0.2, 0.25) is 10.0 Å². The molecular formula is C12H16F2N2O4S. The highest BCUT2D eigenvalue weighted by atomic mass is 32.2. The molecule has 0 saturated heterocycles. The van der Waals surface area contributed by atoms with Crippen LogP contribution in [-0.4, -0.2) is 39.8 Å². The first-order valence-electron chi connectivity index (χ1n) is 6.15. The summed E-state index contributed by atoms with van der Waals surface area (Å²) in [5.41, 5.74) is -0.0452. The Morgan fingerprint density at radius 1 is 1.29 bits per heavy atom. The number of halogens is 2. The molecule has 0 bridgehead atoms. The van der Waals surface area contributed by atoms with Gasteiger partial charge < -0.3 is 10.1 Å². The first-order chi connectivity index (χ1) is 9.85. The van der Waals surface area contributed by atoms with E-state index in [1.165, 1.54) is 31.2 Å². The molecule has 1 rings (SSSR count). The number of para-hydroxylation sites is 1. The number of hydrogen-bond acceptors (Lipinski definition) is 4. The predicted octanol–water partition coefficient (Wildman–Crippen LogP) is 0.957. The normalized spacial score (nSPS) is 11.4. The van der Waals surface area contributed by atoms with E-state index in [0.29, 0.717) is 0 Å². The van der Waals surface area contributed by atoms with E-state index >= 15 is 0 Å². The third kappa shape index (κ3) is 6.05. The van der Waals surface area contributed by atoms with Crippen LogP contribution in [0.5, 0.6) is 5.75 Å². The number of benzene rings is 1. The lowest BCUT2D eigenvalue weighted by Gasteiger charge is -2.11. The summed E-state index contributed by atoms with van der Waals surface area (Å²) in [7, 11) is -3.33. The minimum Gasteiger partial charge on any atom is -0.434 e. The van der Waals surface area contributed by atoms with Gasteiger partial charge >= 0.3 is 6.61 Å². The van der Waals surface area contributed by atoms with Crippen LogP contribution >= 0.6 is 0 Å². The third-order valence-corrected chi connectivity index (χ3v) is 3.86. The van der Waals surface area contributed by atoms with Crippen molar-refractivity contribution in [2.24, 2.45) is 0 Å². The van der Waals surface area contributed by atoms with Crippen LogP contribution < -0.4 is 14.8 Å². The summed E-state index contributed by atoms with van der Waals surface area (Å²) in [6.07, 6.45) is 0. The van der Waals surface area contributed by atoms with Gasteiger partial charge in [-0.25, -0.2) is 13.1 Å². The molecular weight excluding hydrogens is 306 g/mol. The van der Waals surface area contributed by atoms with Crippen LogP contribution in [0.1, 0.15) is 17.3 Å². The maximum Gasteiger partial charge on any atom is 0.387 e. The van der Waals surface area contributed by atoms with Crippen LogP contribution in [0.15, 0.2) is 24.3 Å². The molecule has 0 aliphatic heterocycles. The van der Waals surface area contributed by atoms with Crippen molar-refractivity contribution in [3.63, 3.8) is 0 Å². The average molecular weight is 322 g/mol. The summed E-state index contributed by atoms with van der Waals surface area (Å²) in [5, 5.41) is 2.42. The van der Waals surface area contributed by atoms with Crippen LogP contribution in [-0.2, 0) is 10.0 Å². The summed E-state index contributed by atoms with van der Waals surface area (Å²) < 4.78 is 53.3. The second-order valence-corrected chi connectivity index (χ2v) is 6.02. The maximum atomic E-state index is 12.2. The number of rotatable bonds is 8. The number of carbonyl (C=O) groups excluding carboxylic acids is 1. The van der Waals surface area contributed by atoms with Crippen LogP contribution in [0.3, 0.4) is 0 Å². The van der Waals surface area contributed by atoms with Crippen molar-refractivity contribution >= 4 is 15.9 Å². The van der Waals surface area contributed by atoms with Gasteiger partial charge in [-0.05, 0) is 19.1 Å². The fourth-order valence-corrected chi connectivity index (χ4v) is 2.05. The standard InChI is InChI=1S/C12H16F2N2O4S/c1-2-21(18,19)16-8-7-15-11(17)9-5-3-4-6-10(9)20-12(13)14/h3-6,12,16H,2,7-8H2,1H3,(H,15,17). The Labute approximate surface area is 121 Å². The highest BCUT2D eigenvalue weighted by Crippen LogP contribution is 2.19. The fraction of sp³-hybridized carbons (Fsp3) is 0.417. The summed E-state index contributed by atoms with van der Waals surface area (Å²) in [6, 6.07) is 5.56. The summed E-state index contributed by atoms with van der Waals surface area (Å²) in [4.78, 5) is 11.8. The Hall–Kier alpha value is -1.74. The predicted molar refractivity (Wildman–Crippen MR) is 72.9 cm³/mol. The summed E-state index contributed by atoms with van der Waals surface area (Å²) >= 11 is 0. The van der Waals surface area contributed by atoms with E-state index in [9.17, 15) is 22.0 Å². The molecule has 0 unspecified atom stereocenters. The van der Waals surface area contributed by atoms with Crippen molar-refractivity contribution in [2.75, 3.05) is 18.8 Å². The monoisotopic (exact) mass is 322 g/mol. The van der Waals surface area contributed by atoms with Crippen LogP contribution in [0.25, 0.3) is 0 Å². The molecule has 1 amide bonds. The molecule has 1 aromatic rings. The first-order valence-corrected chi connectivity index (χ1v) is 7.80. The van der Waals surface area contributed by atoms with E-state index < -0.39 is 22.5 Å². The molecule has 0 radical (unpaired) electrons. The molecule has 2 N–H and O–H groups in total. The van der Waals surface area contributed by atoms with Crippen LogP contribution in [0.4, 0.5) is 8.78 Å². The molecule has 0 spiro atoms. The molecule has 0 heterocycles. The molecule has 6 nitrogen and oxygen atoms in total. The molecule has 0 aliphatic rings. The minimum absolute atomic E-state index is 0.0137. The van der Waals surface area contributed by atoms with Crippen molar-refractivity contribution in [3.8, 4) is 5.75 Å². The second kappa shape index (κ2) is 7.89. The van der Waals surface area contributed by atoms with Crippen molar-refractivity contribution < 1.29 is 26.7 Å². The third-order valence-electron chi connectivity index (χ3n) is 2.46. The largest absolute Gasteiger partial charge is 0.434 e. The molecule has 1 aromatic carbocycles. The van der Waals surface area contributed by atoms with Gasteiger partial charge in [-0.15, -0.1) is 0 Å². The first kappa shape index (κ1) is 17.3. The number of amides is 1. The number of ether oxygens (including phenoxy) is 1. The van der Waals surface area contributed by atoms with Gasteiger partial charge in [-0.2, -0.15) is 8.78 Å². The fourth-order valence-electron chi connectivity index (χ4n) is 1.43. The van der Waals surface area contributed by atoms with Gasteiger partial charge in [0.05, 0.1) is 11.3 Å². The Morgan fingerprint density at radius 2 is 1.95 bits per heavy atom. The zero-order chi connectivity index (χ0) is 15.9. The topological polar surface area (TPSA) is 84.5 Å². The number of sulfonamides is 1. The molecule has 0 fully saturated rings. The molecule has 0 saturated carbocycles. The average Bonchev–Trinajstić information content (AvgIpc) is 2.43. The summed E-state index contributed by atoms with van der Waals surface area (Å²) in [5.74, 6) is -0.924. The maximum absolute atomic E-state index is 12.2. The van der Waals surface area contributed by atoms with E-state index in [1.54, 1.807) is 0 Å². The number of alkyl halides is 2. The van der Waals surface area contributed by atoms with Gasteiger partial charge in [0.1, 0.15) is 5.75 Å².